The first-order valence-corrected chi connectivity index (χ1v) is 7.55. The highest BCUT2D eigenvalue weighted by molar-refractivity contribution is 5.14. The minimum absolute atomic E-state index is 0.504. The Kier molecular flexibility index (Phi) is 5.24. The standard InChI is InChI=1S/C14H25N.C2H6/c1-3-12(2)14-6-4-5-13(11-15,7-9-14)8-10-14;1-2/h2-11,15H2,1H3;1-2H3. The zero-order chi connectivity index (χ0) is 12.9. The van der Waals surface area contributed by atoms with E-state index in [1.54, 1.807) is 0 Å². The fourth-order valence-electron chi connectivity index (χ4n) is 3.77. The minimum Gasteiger partial charge on any atom is -0.330 e. The zero-order valence-corrected chi connectivity index (χ0v) is 12.1. The summed E-state index contributed by atoms with van der Waals surface area (Å²) in [4.78, 5) is 0. The van der Waals surface area contributed by atoms with Crippen LogP contribution in [0.1, 0.15) is 72.1 Å². The van der Waals surface area contributed by atoms with Gasteiger partial charge in [0.2, 0.25) is 0 Å². The maximum absolute atomic E-state index is 5.97. The van der Waals surface area contributed by atoms with Gasteiger partial charge in [0.25, 0.3) is 0 Å². The topological polar surface area (TPSA) is 26.0 Å². The number of nitrogens with two attached hydrogens (primary N) is 1. The molecule has 0 spiro atoms. The van der Waals surface area contributed by atoms with Crippen LogP contribution in [0.15, 0.2) is 12.2 Å². The third kappa shape index (κ3) is 2.76. The SMILES string of the molecule is C=C(CC)C12CCCC(CN)(CC1)CC2.CC. The van der Waals surface area contributed by atoms with Crippen LogP contribution >= 0.6 is 0 Å². The second-order valence-corrected chi connectivity index (χ2v) is 5.80. The molecule has 0 aliphatic heterocycles. The summed E-state index contributed by atoms with van der Waals surface area (Å²) in [6.45, 7) is 11.5. The molecule has 2 bridgehead atoms. The van der Waals surface area contributed by atoms with Crippen LogP contribution in [0.25, 0.3) is 0 Å². The highest BCUT2D eigenvalue weighted by atomic mass is 14.6. The summed E-state index contributed by atoms with van der Waals surface area (Å²) in [6.07, 6.45) is 10.7. The van der Waals surface area contributed by atoms with E-state index in [4.69, 9.17) is 5.73 Å². The highest BCUT2D eigenvalue weighted by Crippen LogP contribution is 2.56. The monoisotopic (exact) mass is 237 g/mol. The lowest BCUT2D eigenvalue weighted by atomic mass is 9.62. The van der Waals surface area contributed by atoms with Crippen molar-refractivity contribution < 1.29 is 0 Å². The quantitative estimate of drug-likeness (QED) is 0.709. The molecule has 3 saturated carbocycles. The molecule has 3 rings (SSSR count). The molecule has 1 nitrogen and oxygen atoms in total. The van der Waals surface area contributed by atoms with E-state index in [0.717, 1.165) is 13.0 Å². The minimum atomic E-state index is 0.504. The van der Waals surface area contributed by atoms with E-state index in [1.165, 1.54) is 50.5 Å². The van der Waals surface area contributed by atoms with E-state index in [0.29, 0.717) is 10.8 Å². The van der Waals surface area contributed by atoms with E-state index in [9.17, 15) is 0 Å². The largest absolute Gasteiger partial charge is 0.330 e. The molecule has 3 fully saturated rings. The summed E-state index contributed by atoms with van der Waals surface area (Å²) in [5.41, 5.74) is 8.49. The third-order valence-corrected chi connectivity index (χ3v) is 5.24. The molecule has 100 valence electrons. The van der Waals surface area contributed by atoms with Crippen LogP contribution in [0.5, 0.6) is 0 Å². The van der Waals surface area contributed by atoms with Crippen molar-refractivity contribution in [1.29, 1.82) is 0 Å². The van der Waals surface area contributed by atoms with Gasteiger partial charge in [0.15, 0.2) is 0 Å². The molecule has 0 saturated heterocycles. The van der Waals surface area contributed by atoms with Gasteiger partial charge in [-0.25, -0.2) is 0 Å². The molecule has 0 atom stereocenters. The van der Waals surface area contributed by atoms with Gasteiger partial charge in [0, 0.05) is 0 Å². The van der Waals surface area contributed by atoms with E-state index in [1.807, 2.05) is 13.8 Å². The predicted octanol–water partition coefficient (Wildman–Crippen LogP) is 4.67. The van der Waals surface area contributed by atoms with Crippen LogP contribution in [-0.2, 0) is 0 Å². The van der Waals surface area contributed by atoms with Crippen LogP contribution in [-0.4, -0.2) is 6.54 Å². The molecule has 0 heterocycles. The molecule has 0 unspecified atom stereocenters. The van der Waals surface area contributed by atoms with Gasteiger partial charge in [-0.05, 0) is 62.3 Å². The van der Waals surface area contributed by atoms with E-state index >= 15 is 0 Å². The Morgan fingerprint density at radius 1 is 1.06 bits per heavy atom. The van der Waals surface area contributed by atoms with E-state index < -0.39 is 0 Å². The average molecular weight is 237 g/mol. The first kappa shape index (κ1) is 14.8. The Morgan fingerprint density at radius 2 is 1.65 bits per heavy atom. The van der Waals surface area contributed by atoms with Crippen molar-refractivity contribution in [1.82, 2.24) is 0 Å². The number of hydrogen-bond acceptors (Lipinski definition) is 1. The first-order chi connectivity index (χ1) is 8.16. The van der Waals surface area contributed by atoms with Crippen LogP contribution in [0, 0.1) is 10.8 Å². The summed E-state index contributed by atoms with van der Waals surface area (Å²) >= 11 is 0. The number of hydrogen-bond donors (Lipinski definition) is 1. The normalized spacial score (nSPS) is 35.8. The molecule has 0 aromatic rings. The lowest BCUT2D eigenvalue weighted by molar-refractivity contribution is 0.134. The van der Waals surface area contributed by atoms with Crippen molar-refractivity contribution in [3.63, 3.8) is 0 Å². The van der Waals surface area contributed by atoms with Gasteiger partial charge in [-0.3, -0.25) is 0 Å². The van der Waals surface area contributed by atoms with Crippen LogP contribution in [0.4, 0.5) is 0 Å². The third-order valence-electron chi connectivity index (χ3n) is 5.24. The Balaban J connectivity index is 0.000000686. The molecular weight excluding hydrogens is 206 g/mol. The Bertz CT molecular complexity index is 246. The summed E-state index contributed by atoms with van der Waals surface area (Å²) in [5, 5.41) is 0. The van der Waals surface area contributed by atoms with Gasteiger partial charge in [-0.1, -0.05) is 39.3 Å². The van der Waals surface area contributed by atoms with Gasteiger partial charge in [0.1, 0.15) is 0 Å². The fraction of sp³-hybridized carbons (Fsp3) is 0.875. The maximum atomic E-state index is 5.97. The summed E-state index contributed by atoms with van der Waals surface area (Å²) in [7, 11) is 0. The maximum Gasteiger partial charge on any atom is -0.00205 e. The lowest BCUT2D eigenvalue weighted by Crippen LogP contribution is -2.36. The molecule has 0 aromatic heterocycles. The average Bonchev–Trinajstić information content (AvgIpc) is 2.72. The van der Waals surface area contributed by atoms with Crippen molar-refractivity contribution in [2.24, 2.45) is 16.6 Å². The Morgan fingerprint density at radius 3 is 2.12 bits per heavy atom. The smallest absolute Gasteiger partial charge is 0.00205 e. The van der Waals surface area contributed by atoms with Crippen LogP contribution in [0.2, 0.25) is 0 Å². The van der Waals surface area contributed by atoms with Gasteiger partial charge in [0.05, 0.1) is 0 Å². The van der Waals surface area contributed by atoms with Crippen molar-refractivity contribution in [3.05, 3.63) is 12.2 Å². The van der Waals surface area contributed by atoms with E-state index in [2.05, 4.69) is 13.5 Å². The van der Waals surface area contributed by atoms with Crippen LogP contribution in [0.3, 0.4) is 0 Å². The zero-order valence-electron chi connectivity index (χ0n) is 12.1. The predicted molar refractivity (Wildman–Crippen MR) is 77.0 cm³/mol. The molecule has 17 heavy (non-hydrogen) atoms. The molecule has 0 aromatic carbocycles. The lowest BCUT2D eigenvalue weighted by Gasteiger charge is -2.43. The van der Waals surface area contributed by atoms with Crippen molar-refractivity contribution in [2.45, 2.75) is 72.1 Å². The van der Waals surface area contributed by atoms with E-state index in [-0.39, 0.29) is 0 Å². The van der Waals surface area contributed by atoms with Gasteiger partial charge in [-0.2, -0.15) is 0 Å². The van der Waals surface area contributed by atoms with Crippen molar-refractivity contribution in [2.75, 3.05) is 6.54 Å². The van der Waals surface area contributed by atoms with Crippen molar-refractivity contribution in [3.8, 4) is 0 Å². The first-order valence-electron chi connectivity index (χ1n) is 7.55. The molecular formula is C16H31N. The Hall–Kier alpha value is -0.300. The van der Waals surface area contributed by atoms with Gasteiger partial charge >= 0.3 is 0 Å². The number of allylic oxidation sites excluding steroid dienone is 1. The summed E-state index contributed by atoms with van der Waals surface area (Å²) < 4.78 is 0. The van der Waals surface area contributed by atoms with Gasteiger partial charge < -0.3 is 5.73 Å². The molecule has 0 amide bonds. The molecule has 2 N–H and O–H groups in total. The Labute approximate surface area is 108 Å². The van der Waals surface area contributed by atoms with Crippen LogP contribution < -0.4 is 5.73 Å². The molecule has 0 radical (unpaired) electrons. The number of fused-ring (bicyclic) bond motifs is 4. The molecule has 3 aliphatic carbocycles. The number of rotatable bonds is 3. The summed E-state index contributed by atoms with van der Waals surface area (Å²) in [5.74, 6) is 0. The molecule has 3 aliphatic rings. The summed E-state index contributed by atoms with van der Waals surface area (Å²) in [6, 6.07) is 0. The molecule has 1 heteroatoms. The van der Waals surface area contributed by atoms with Gasteiger partial charge in [-0.15, -0.1) is 0 Å². The fourth-order valence-corrected chi connectivity index (χ4v) is 3.77. The second kappa shape index (κ2) is 6.04. The van der Waals surface area contributed by atoms with Crippen molar-refractivity contribution >= 4 is 0 Å². The second-order valence-electron chi connectivity index (χ2n) is 5.80. The highest BCUT2D eigenvalue weighted by Gasteiger charge is 2.45.